The van der Waals surface area contributed by atoms with Crippen molar-refractivity contribution < 1.29 is 14.3 Å². The van der Waals surface area contributed by atoms with Crippen LogP contribution in [0.3, 0.4) is 0 Å². The Morgan fingerprint density at radius 2 is 2.03 bits per heavy atom. The lowest BCUT2D eigenvalue weighted by Crippen LogP contribution is -2.42. The summed E-state index contributed by atoms with van der Waals surface area (Å²) in [5.41, 5.74) is 0.492. The Morgan fingerprint density at radius 3 is 2.76 bits per heavy atom. The zero-order valence-corrected chi connectivity index (χ0v) is 19.1. The second-order valence-corrected chi connectivity index (χ2v) is 8.65. The largest absolute Gasteiger partial charge is 0.395 e. The van der Waals surface area contributed by atoms with Gasteiger partial charge in [0.2, 0.25) is 5.91 Å². The van der Waals surface area contributed by atoms with Gasteiger partial charge in [0.05, 0.1) is 42.3 Å². The first kappa shape index (κ1) is 23.3. The van der Waals surface area contributed by atoms with Crippen molar-refractivity contribution in [3.8, 4) is 0 Å². The summed E-state index contributed by atoms with van der Waals surface area (Å²) < 4.78 is 15.8. The maximum atomic E-state index is 14.7. The van der Waals surface area contributed by atoms with E-state index in [1.165, 1.54) is 6.07 Å². The second kappa shape index (κ2) is 9.17. The van der Waals surface area contributed by atoms with Crippen molar-refractivity contribution in [1.82, 2.24) is 14.5 Å². The van der Waals surface area contributed by atoms with Crippen LogP contribution in [0.1, 0.15) is 24.1 Å². The molecule has 174 valence electrons. The minimum absolute atomic E-state index is 0.0352. The Kier molecular flexibility index (Phi) is 6.47. The van der Waals surface area contributed by atoms with E-state index in [1.807, 2.05) is 13.0 Å². The molecule has 0 spiro atoms. The Bertz CT molecular complexity index is 1370. The van der Waals surface area contributed by atoms with Gasteiger partial charge < -0.3 is 15.3 Å². The van der Waals surface area contributed by atoms with Crippen molar-refractivity contribution in [2.45, 2.75) is 25.9 Å². The second-order valence-electron chi connectivity index (χ2n) is 7.81. The van der Waals surface area contributed by atoms with Gasteiger partial charge in [0, 0.05) is 16.6 Å². The highest BCUT2D eigenvalue weighted by molar-refractivity contribution is 6.35. The van der Waals surface area contributed by atoms with Crippen LogP contribution in [0.2, 0.25) is 10.0 Å². The number of fused-ring (bicyclic) bond motifs is 2. The summed E-state index contributed by atoms with van der Waals surface area (Å²) in [6.45, 7) is 1.69. The van der Waals surface area contributed by atoms with Crippen molar-refractivity contribution >= 4 is 45.7 Å². The van der Waals surface area contributed by atoms with Crippen molar-refractivity contribution in [3.05, 3.63) is 72.1 Å². The molecule has 0 saturated carbocycles. The number of hydrogen-bond acceptors (Lipinski definition) is 5. The molecule has 1 aliphatic rings. The summed E-state index contributed by atoms with van der Waals surface area (Å²) >= 11 is 12.5. The number of H-pyrrole nitrogens is 1. The average molecular weight is 495 g/mol. The summed E-state index contributed by atoms with van der Waals surface area (Å²) in [7, 11) is 0. The molecule has 0 saturated heterocycles. The average Bonchev–Trinajstić information content (AvgIpc) is 2.75. The number of amides is 1. The molecule has 0 radical (unpaired) electrons. The van der Waals surface area contributed by atoms with Crippen LogP contribution in [0.4, 0.5) is 10.1 Å². The monoisotopic (exact) mass is 494 g/mol. The Balaban J connectivity index is 1.59. The molecule has 1 amide bonds. The number of nitrogens with zero attached hydrogens (tertiary/aromatic N) is 2. The van der Waals surface area contributed by atoms with Gasteiger partial charge in [-0.05, 0) is 48.7 Å². The van der Waals surface area contributed by atoms with E-state index >= 15 is 0 Å². The highest BCUT2D eigenvalue weighted by Gasteiger charge is 2.29. The van der Waals surface area contributed by atoms with Crippen LogP contribution in [0.15, 0.2) is 33.9 Å². The van der Waals surface area contributed by atoms with Gasteiger partial charge in [0.15, 0.2) is 0 Å². The lowest BCUT2D eigenvalue weighted by Gasteiger charge is -2.36. The number of aromatic nitrogens is 2. The van der Waals surface area contributed by atoms with Crippen LogP contribution in [0.25, 0.3) is 10.9 Å². The maximum absolute atomic E-state index is 14.7. The van der Waals surface area contributed by atoms with E-state index in [0.717, 1.165) is 21.8 Å². The molecule has 0 fully saturated rings. The quantitative estimate of drug-likeness (QED) is 0.505. The molecule has 2 heterocycles. The van der Waals surface area contributed by atoms with Crippen LogP contribution in [0.5, 0.6) is 0 Å². The number of anilines is 1. The van der Waals surface area contributed by atoms with Crippen molar-refractivity contribution in [2.24, 2.45) is 0 Å². The van der Waals surface area contributed by atoms with Gasteiger partial charge in [-0.1, -0.05) is 23.2 Å². The van der Waals surface area contributed by atoms with Gasteiger partial charge in [-0.15, -0.1) is 0 Å². The maximum Gasteiger partial charge on any atom is 0.328 e. The highest BCUT2D eigenvalue weighted by atomic mass is 35.5. The molecule has 3 N–H and O–H groups in total. The predicted molar refractivity (Wildman–Crippen MR) is 125 cm³/mol. The number of aromatic amines is 1. The van der Waals surface area contributed by atoms with Gasteiger partial charge in [0.1, 0.15) is 5.82 Å². The van der Waals surface area contributed by atoms with E-state index in [0.29, 0.717) is 23.0 Å². The van der Waals surface area contributed by atoms with Gasteiger partial charge in [-0.3, -0.25) is 19.1 Å². The van der Waals surface area contributed by atoms with Gasteiger partial charge >= 0.3 is 5.69 Å². The molecule has 8 nitrogen and oxygen atoms in total. The molecule has 33 heavy (non-hydrogen) atoms. The molecule has 2 aromatic carbocycles. The lowest BCUT2D eigenvalue weighted by molar-refractivity contribution is -0.131. The molecule has 3 aromatic rings. The molecule has 0 aliphatic carbocycles. The highest BCUT2D eigenvalue weighted by Crippen LogP contribution is 2.37. The standard InChI is InChI=1S/C22H21Cl2FN4O4/c1-11-20-12(6-13(23)7-15(20)24)2-3-28(11)19(31)10-26-17-9-18-14(8-16(17)25)21(32)27-22(33)29(18)4-5-30/h6-9,11,26,30H,2-5,10H2,1H3,(H,27,32,33). The fourth-order valence-electron chi connectivity index (χ4n) is 4.28. The Labute approximate surface area is 197 Å². The van der Waals surface area contributed by atoms with Crippen LogP contribution >= 0.6 is 23.2 Å². The third-order valence-corrected chi connectivity index (χ3v) is 6.38. The molecule has 0 bridgehead atoms. The number of hydrogen-bond donors (Lipinski definition) is 3. The zero-order chi connectivity index (χ0) is 23.9. The van der Waals surface area contributed by atoms with E-state index < -0.39 is 17.1 Å². The third-order valence-electron chi connectivity index (χ3n) is 5.85. The number of benzene rings is 2. The molecule has 11 heteroatoms. The Morgan fingerprint density at radius 1 is 1.27 bits per heavy atom. The summed E-state index contributed by atoms with van der Waals surface area (Å²) in [5, 5.41) is 13.0. The summed E-state index contributed by atoms with van der Waals surface area (Å²) in [5.74, 6) is -1.01. The molecule has 1 atom stereocenters. The number of carbonyl (C=O) groups excluding carboxylic acids is 1. The fraction of sp³-hybridized carbons (Fsp3) is 0.318. The summed E-state index contributed by atoms with van der Waals surface area (Å²) in [4.78, 5) is 40.9. The summed E-state index contributed by atoms with van der Waals surface area (Å²) in [6.07, 6.45) is 0.590. The van der Waals surface area contributed by atoms with Crippen LogP contribution in [-0.2, 0) is 17.8 Å². The van der Waals surface area contributed by atoms with Crippen molar-refractivity contribution in [1.29, 1.82) is 0 Å². The number of carbonyl (C=O) groups is 1. The molecule has 1 aromatic heterocycles. The lowest BCUT2D eigenvalue weighted by atomic mass is 9.93. The zero-order valence-electron chi connectivity index (χ0n) is 17.6. The summed E-state index contributed by atoms with van der Waals surface area (Å²) in [6, 6.07) is 5.48. The van der Waals surface area contributed by atoms with E-state index in [2.05, 4.69) is 10.3 Å². The Hall–Kier alpha value is -2.88. The first-order valence-corrected chi connectivity index (χ1v) is 11.0. The van der Waals surface area contributed by atoms with Gasteiger partial charge in [-0.25, -0.2) is 9.18 Å². The molecule has 1 unspecified atom stereocenters. The SMILES string of the molecule is CC1c2c(Cl)cc(Cl)cc2CCN1C(=O)CNc1cc2c(cc1F)c(=O)[nH]c(=O)n2CCO. The predicted octanol–water partition coefficient (Wildman–Crippen LogP) is 2.69. The molecule has 1 aliphatic heterocycles. The first-order valence-electron chi connectivity index (χ1n) is 10.3. The van der Waals surface area contributed by atoms with Crippen LogP contribution in [0, 0.1) is 5.82 Å². The number of aliphatic hydroxyl groups is 1. The topological polar surface area (TPSA) is 107 Å². The normalized spacial score (nSPS) is 15.5. The number of aliphatic hydroxyl groups excluding tert-OH is 1. The third kappa shape index (κ3) is 4.36. The van der Waals surface area contributed by atoms with E-state index in [-0.39, 0.29) is 48.2 Å². The smallest absolute Gasteiger partial charge is 0.328 e. The van der Waals surface area contributed by atoms with Crippen LogP contribution in [-0.4, -0.2) is 45.2 Å². The molecular weight excluding hydrogens is 474 g/mol. The van der Waals surface area contributed by atoms with E-state index in [4.69, 9.17) is 23.2 Å². The van der Waals surface area contributed by atoms with E-state index in [9.17, 15) is 23.9 Å². The number of halogens is 3. The minimum atomic E-state index is -0.746. The number of rotatable bonds is 5. The van der Waals surface area contributed by atoms with Crippen LogP contribution < -0.4 is 16.6 Å². The molecule has 4 rings (SSSR count). The van der Waals surface area contributed by atoms with E-state index in [1.54, 1.807) is 11.0 Å². The van der Waals surface area contributed by atoms with Gasteiger partial charge in [-0.2, -0.15) is 0 Å². The molecular formula is C22H21Cl2FN4O4. The first-order chi connectivity index (χ1) is 15.7. The minimum Gasteiger partial charge on any atom is -0.395 e. The fourth-order valence-corrected chi connectivity index (χ4v) is 4.98. The van der Waals surface area contributed by atoms with Crippen molar-refractivity contribution in [3.63, 3.8) is 0 Å². The van der Waals surface area contributed by atoms with Gasteiger partial charge in [0.25, 0.3) is 5.56 Å². The van der Waals surface area contributed by atoms with Crippen molar-refractivity contribution in [2.75, 3.05) is 25.0 Å². The number of nitrogens with one attached hydrogen (secondary N) is 2.